The highest BCUT2D eigenvalue weighted by Gasteiger charge is 2.24. The third kappa shape index (κ3) is 24.3. The number of nitrogens with one attached hydrogen (secondary N) is 1. The maximum Gasteiger partial charge on any atom is 0.235 e. The molecular weight excluding hydrogens is 338 g/mol. The van der Waals surface area contributed by atoms with Gasteiger partial charge in [-0.05, 0) is 45.4 Å². The highest BCUT2D eigenvalue weighted by atomic mass is 16.3. The fourth-order valence-corrected chi connectivity index (χ4v) is 1.85. The Morgan fingerprint density at radius 1 is 0.923 bits per heavy atom. The minimum atomic E-state index is -0.352. The maximum absolute atomic E-state index is 10.2. The van der Waals surface area contributed by atoms with Crippen LogP contribution in [-0.4, -0.2) is 53.8 Å². The van der Waals surface area contributed by atoms with E-state index in [1.807, 2.05) is 13.8 Å². The molecule has 150 valence electrons. The molecule has 0 heterocycles. The van der Waals surface area contributed by atoms with E-state index in [9.17, 15) is 9.59 Å². The first-order valence-corrected chi connectivity index (χ1v) is 8.76. The first-order chi connectivity index (χ1) is 12.4. The van der Waals surface area contributed by atoms with Crippen LogP contribution in [0.15, 0.2) is 9.98 Å². The molecule has 3 N–H and O–H groups in total. The Hall–Kier alpha value is -1.94. The van der Waals surface area contributed by atoms with Crippen molar-refractivity contribution < 1.29 is 24.6 Å². The van der Waals surface area contributed by atoms with Crippen molar-refractivity contribution in [2.45, 2.75) is 71.3 Å². The van der Waals surface area contributed by atoms with E-state index in [0.29, 0.717) is 12.5 Å². The molecule has 1 unspecified atom stereocenters. The lowest BCUT2D eigenvalue weighted by Crippen LogP contribution is -2.26. The van der Waals surface area contributed by atoms with Gasteiger partial charge in [0.15, 0.2) is 0 Å². The SMILES string of the molecule is CC(CCCCN=C=O)C(C)(C)N=C=O.N=C=O.OCCCCCCO. The van der Waals surface area contributed by atoms with Gasteiger partial charge in [0.05, 0.1) is 12.1 Å². The fourth-order valence-electron chi connectivity index (χ4n) is 1.85. The zero-order valence-electron chi connectivity index (χ0n) is 16.2. The molecule has 0 aliphatic rings. The zero-order valence-corrected chi connectivity index (χ0v) is 16.2. The summed E-state index contributed by atoms with van der Waals surface area (Å²) in [5.41, 5.74) is -0.352. The van der Waals surface area contributed by atoms with Gasteiger partial charge in [-0.25, -0.2) is 24.8 Å². The largest absolute Gasteiger partial charge is 0.396 e. The van der Waals surface area contributed by atoms with Crippen molar-refractivity contribution in [3.05, 3.63) is 0 Å². The summed E-state index contributed by atoms with van der Waals surface area (Å²) in [5.74, 6) is 0.319. The van der Waals surface area contributed by atoms with Crippen molar-refractivity contribution in [3.8, 4) is 0 Å². The Morgan fingerprint density at radius 2 is 1.42 bits per heavy atom. The molecular formula is C18H33N3O5. The van der Waals surface area contributed by atoms with Crippen molar-refractivity contribution in [2.75, 3.05) is 19.8 Å². The average Bonchev–Trinajstić information content (AvgIpc) is 2.59. The minimum absolute atomic E-state index is 0.283. The quantitative estimate of drug-likeness (QED) is 0.275. The molecule has 0 aromatic carbocycles. The third-order valence-corrected chi connectivity index (χ3v) is 3.83. The van der Waals surface area contributed by atoms with E-state index in [1.165, 1.54) is 6.08 Å². The molecule has 1 atom stereocenters. The van der Waals surface area contributed by atoms with Gasteiger partial charge in [0, 0.05) is 13.2 Å². The predicted octanol–water partition coefficient (Wildman–Crippen LogP) is 2.68. The number of aliphatic hydroxyl groups excluding tert-OH is 2. The average molecular weight is 371 g/mol. The van der Waals surface area contributed by atoms with Crippen LogP contribution < -0.4 is 0 Å². The van der Waals surface area contributed by atoms with Crippen LogP contribution in [0.2, 0.25) is 0 Å². The molecule has 0 saturated heterocycles. The van der Waals surface area contributed by atoms with E-state index in [0.717, 1.165) is 51.0 Å². The Bertz CT molecular complexity index is 430. The number of hydrogen-bond acceptors (Lipinski definition) is 8. The summed E-state index contributed by atoms with van der Waals surface area (Å²) in [4.78, 5) is 35.6. The second-order valence-corrected chi connectivity index (χ2v) is 6.19. The molecule has 0 aromatic rings. The summed E-state index contributed by atoms with van der Waals surface area (Å²) in [5, 5.41) is 22.0. The molecule has 0 aliphatic carbocycles. The summed E-state index contributed by atoms with van der Waals surface area (Å²) in [6, 6.07) is 0. The van der Waals surface area contributed by atoms with Gasteiger partial charge in [-0.1, -0.05) is 26.2 Å². The smallest absolute Gasteiger partial charge is 0.235 e. The molecule has 8 heteroatoms. The zero-order chi connectivity index (χ0) is 20.7. The van der Waals surface area contributed by atoms with E-state index < -0.39 is 0 Å². The second kappa shape index (κ2) is 23.1. The molecule has 0 rings (SSSR count). The molecule has 0 saturated carbocycles. The van der Waals surface area contributed by atoms with Gasteiger partial charge in [0.25, 0.3) is 0 Å². The van der Waals surface area contributed by atoms with Gasteiger partial charge in [-0.3, -0.25) is 0 Å². The van der Waals surface area contributed by atoms with Gasteiger partial charge in [0.1, 0.15) is 0 Å². The number of carbonyl (C=O) groups excluding carboxylic acids is 3. The summed E-state index contributed by atoms with van der Waals surface area (Å²) >= 11 is 0. The maximum atomic E-state index is 10.2. The number of aliphatic hydroxyl groups is 2. The number of aliphatic imine (C=N–C) groups is 2. The molecule has 0 radical (unpaired) electrons. The molecule has 0 aliphatic heterocycles. The lowest BCUT2D eigenvalue weighted by molar-refractivity contribution is 0.265. The van der Waals surface area contributed by atoms with Crippen molar-refractivity contribution in [1.82, 2.24) is 0 Å². The number of unbranched alkanes of at least 4 members (excludes halogenated alkanes) is 4. The standard InChI is InChI=1S/C11H18N2O2.C6H14O2.CHNO/c1-10(11(2,3)13-9-15)6-4-5-7-12-8-14;7-5-3-1-2-4-6-8;2-1-3/h10H,4-7H2,1-3H3;7-8H,1-6H2;2H. The lowest BCUT2D eigenvalue weighted by Gasteiger charge is -2.25. The Morgan fingerprint density at radius 3 is 1.81 bits per heavy atom. The Balaban J connectivity index is -0.000000402. The highest BCUT2D eigenvalue weighted by molar-refractivity contribution is 5.34. The van der Waals surface area contributed by atoms with E-state index in [2.05, 4.69) is 16.9 Å². The van der Waals surface area contributed by atoms with Crippen molar-refractivity contribution >= 4 is 18.2 Å². The Kier molecular flexibility index (Phi) is 25.6. The molecule has 26 heavy (non-hydrogen) atoms. The van der Waals surface area contributed by atoms with Gasteiger partial charge in [-0.15, -0.1) is 0 Å². The summed E-state index contributed by atoms with van der Waals surface area (Å²) in [6.07, 6.45) is 10.5. The predicted molar refractivity (Wildman–Crippen MR) is 99.3 cm³/mol. The van der Waals surface area contributed by atoms with Crippen LogP contribution >= 0.6 is 0 Å². The van der Waals surface area contributed by atoms with Crippen LogP contribution in [0, 0.1) is 11.3 Å². The highest BCUT2D eigenvalue weighted by Crippen LogP contribution is 2.25. The van der Waals surface area contributed by atoms with Gasteiger partial charge in [0.2, 0.25) is 18.2 Å². The summed E-state index contributed by atoms with van der Waals surface area (Å²) in [6.45, 7) is 7.01. The van der Waals surface area contributed by atoms with Crippen molar-refractivity contribution in [1.29, 1.82) is 5.41 Å². The van der Waals surface area contributed by atoms with Crippen LogP contribution in [-0.2, 0) is 14.4 Å². The first kappa shape index (κ1) is 28.8. The molecule has 0 bridgehead atoms. The molecule has 0 spiro atoms. The molecule has 0 fully saturated rings. The van der Waals surface area contributed by atoms with Crippen LogP contribution in [0.5, 0.6) is 0 Å². The van der Waals surface area contributed by atoms with Crippen LogP contribution in [0.25, 0.3) is 0 Å². The van der Waals surface area contributed by atoms with E-state index >= 15 is 0 Å². The van der Waals surface area contributed by atoms with E-state index in [-0.39, 0.29) is 18.8 Å². The number of nitrogens with zero attached hydrogens (tertiary/aromatic N) is 2. The third-order valence-electron chi connectivity index (χ3n) is 3.83. The summed E-state index contributed by atoms with van der Waals surface area (Å²) in [7, 11) is 0. The first-order valence-electron chi connectivity index (χ1n) is 8.76. The topological polar surface area (TPSA) is 140 Å². The number of isocyanates is 3. The van der Waals surface area contributed by atoms with Crippen LogP contribution in [0.3, 0.4) is 0 Å². The molecule has 0 aromatic heterocycles. The number of hydrogen-bond donors (Lipinski definition) is 3. The van der Waals surface area contributed by atoms with Gasteiger partial charge < -0.3 is 10.2 Å². The summed E-state index contributed by atoms with van der Waals surface area (Å²) < 4.78 is 0. The fraction of sp³-hybridized carbons (Fsp3) is 0.833. The second-order valence-electron chi connectivity index (χ2n) is 6.19. The van der Waals surface area contributed by atoms with Gasteiger partial charge in [-0.2, -0.15) is 4.99 Å². The van der Waals surface area contributed by atoms with E-state index in [4.69, 9.17) is 20.4 Å². The van der Waals surface area contributed by atoms with Crippen LogP contribution in [0.1, 0.15) is 65.7 Å². The van der Waals surface area contributed by atoms with Crippen LogP contribution in [0.4, 0.5) is 0 Å². The molecule has 0 amide bonds. The van der Waals surface area contributed by atoms with Gasteiger partial charge >= 0.3 is 0 Å². The van der Waals surface area contributed by atoms with Crippen molar-refractivity contribution in [2.24, 2.45) is 15.9 Å². The van der Waals surface area contributed by atoms with E-state index in [1.54, 1.807) is 6.08 Å². The van der Waals surface area contributed by atoms with Crippen molar-refractivity contribution in [3.63, 3.8) is 0 Å². The molecule has 8 nitrogen and oxygen atoms in total. The lowest BCUT2D eigenvalue weighted by atomic mass is 9.86. The normalized spacial score (nSPS) is 10.5. The minimum Gasteiger partial charge on any atom is -0.396 e. The number of rotatable bonds is 12. The Labute approximate surface area is 156 Å². The monoisotopic (exact) mass is 371 g/mol.